The second-order valence-corrected chi connectivity index (χ2v) is 8.08. The van der Waals surface area contributed by atoms with Gasteiger partial charge in [0.1, 0.15) is 4.90 Å². The third-order valence-corrected chi connectivity index (χ3v) is 5.82. The van der Waals surface area contributed by atoms with Crippen molar-refractivity contribution in [3.63, 3.8) is 0 Å². The molecule has 0 spiro atoms. The van der Waals surface area contributed by atoms with E-state index in [0.717, 1.165) is 0 Å². The summed E-state index contributed by atoms with van der Waals surface area (Å²) in [6.07, 6.45) is 0. The number of methoxy groups -OCH3 is 1. The third-order valence-electron chi connectivity index (χ3n) is 3.24. The molecule has 1 aromatic carbocycles. The van der Waals surface area contributed by atoms with Crippen molar-refractivity contribution in [2.45, 2.75) is 11.8 Å². The first-order valence-electron chi connectivity index (χ1n) is 7.72. The van der Waals surface area contributed by atoms with Gasteiger partial charge in [0.15, 0.2) is 11.0 Å². The molecule has 1 aromatic heterocycles. The fourth-order valence-corrected chi connectivity index (χ4v) is 3.96. The fourth-order valence-electron chi connectivity index (χ4n) is 2.02. The van der Waals surface area contributed by atoms with Crippen LogP contribution in [0.4, 0.5) is 11.6 Å². The maximum atomic E-state index is 12.7. The first-order chi connectivity index (χ1) is 13.2. The average molecular weight is 469 g/mol. The van der Waals surface area contributed by atoms with E-state index in [4.69, 9.17) is 39.5 Å². The Morgan fingerprint density at radius 3 is 2.50 bits per heavy atom. The number of anilines is 2. The molecule has 13 heteroatoms. The predicted molar refractivity (Wildman–Crippen MR) is 108 cm³/mol. The van der Waals surface area contributed by atoms with E-state index in [-0.39, 0.29) is 50.1 Å². The summed E-state index contributed by atoms with van der Waals surface area (Å²) in [5.41, 5.74) is 0. The van der Waals surface area contributed by atoms with Gasteiger partial charge in [0.2, 0.25) is 11.7 Å². The summed E-state index contributed by atoms with van der Waals surface area (Å²) in [6, 6.07) is 4.20. The van der Waals surface area contributed by atoms with Gasteiger partial charge in [-0.3, -0.25) is 9.52 Å². The summed E-state index contributed by atoms with van der Waals surface area (Å²) >= 11 is 17.9. The Labute approximate surface area is 176 Å². The molecule has 2 aromatic rings. The normalized spacial score (nSPS) is 11.0. The van der Waals surface area contributed by atoms with E-state index in [2.05, 4.69) is 25.3 Å². The number of benzene rings is 1. The summed E-state index contributed by atoms with van der Waals surface area (Å²) in [6.45, 7) is 1.97. The Morgan fingerprint density at radius 1 is 1.14 bits per heavy atom. The number of hydrogen-bond donors (Lipinski definition) is 3. The lowest BCUT2D eigenvalue weighted by molar-refractivity contribution is -0.118. The first-order valence-corrected chi connectivity index (χ1v) is 10.3. The molecule has 0 saturated heterocycles. The highest BCUT2D eigenvalue weighted by Crippen LogP contribution is 2.32. The minimum Gasteiger partial charge on any atom is -0.478 e. The van der Waals surface area contributed by atoms with Crippen LogP contribution in [0.2, 0.25) is 15.2 Å². The van der Waals surface area contributed by atoms with E-state index in [1.165, 1.54) is 32.2 Å². The van der Waals surface area contributed by atoms with E-state index >= 15 is 0 Å². The zero-order chi connectivity index (χ0) is 20.9. The second kappa shape index (κ2) is 9.46. The largest absolute Gasteiger partial charge is 0.478 e. The number of nitrogens with one attached hydrogen (secondary N) is 3. The Bertz CT molecular complexity index is 988. The molecule has 0 bridgehead atoms. The van der Waals surface area contributed by atoms with Crippen molar-refractivity contribution in [2.75, 3.05) is 30.2 Å². The van der Waals surface area contributed by atoms with Crippen LogP contribution in [0.15, 0.2) is 23.1 Å². The number of sulfonamides is 1. The molecule has 0 radical (unpaired) electrons. The number of amides is 1. The molecule has 0 saturated carbocycles. The molecule has 2 rings (SSSR count). The number of carbonyl (C=O) groups excluding carboxylic acids is 1. The van der Waals surface area contributed by atoms with Crippen molar-refractivity contribution in [3.8, 4) is 5.88 Å². The summed E-state index contributed by atoms with van der Waals surface area (Å²) in [5, 5.41) is 5.35. The van der Waals surface area contributed by atoms with Crippen LogP contribution in [0, 0.1) is 0 Å². The standard InChI is InChI=1S/C15H16Cl3N5O4S/c1-8(24)19-6-7-20-13-12(18)21-15(27-2)14(22-13)23-28(25,26)10-5-3-4-9(16)11(10)17/h3-5H,6-7H2,1-2H3,(H,19,24)(H2,20,22,23). The Kier molecular flexibility index (Phi) is 7.53. The zero-order valence-corrected chi connectivity index (χ0v) is 17.8. The average Bonchev–Trinajstić information content (AvgIpc) is 2.62. The molecule has 1 amide bonds. The quantitative estimate of drug-likeness (QED) is 0.509. The van der Waals surface area contributed by atoms with Gasteiger partial charge >= 0.3 is 0 Å². The fraction of sp³-hybridized carbons (Fsp3) is 0.267. The molecule has 1 heterocycles. The summed E-state index contributed by atoms with van der Waals surface area (Å²) < 4.78 is 32.7. The molecule has 152 valence electrons. The smallest absolute Gasteiger partial charge is 0.264 e. The van der Waals surface area contributed by atoms with Crippen LogP contribution < -0.4 is 20.1 Å². The van der Waals surface area contributed by atoms with Crippen LogP contribution in [-0.2, 0) is 14.8 Å². The van der Waals surface area contributed by atoms with E-state index < -0.39 is 10.0 Å². The Balaban J connectivity index is 2.31. The van der Waals surface area contributed by atoms with Crippen LogP contribution in [0.25, 0.3) is 0 Å². The molecule has 0 unspecified atom stereocenters. The summed E-state index contributed by atoms with van der Waals surface area (Å²) in [5.74, 6) is -0.438. The Hall–Kier alpha value is -2.01. The lowest BCUT2D eigenvalue weighted by atomic mass is 10.4. The molecule has 3 N–H and O–H groups in total. The van der Waals surface area contributed by atoms with Crippen molar-refractivity contribution in [1.29, 1.82) is 0 Å². The molecule has 28 heavy (non-hydrogen) atoms. The van der Waals surface area contributed by atoms with Gasteiger partial charge in [-0.1, -0.05) is 40.9 Å². The van der Waals surface area contributed by atoms with Gasteiger partial charge in [0, 0.05) is 20.0 Å². The molecule has 0 atom stereocenters. The van der Waals surface area contributed by atoms with Crippen LogP contribution >= 0.6 is 34.8 Å². The first kappa shape index (κ1) is 22.3. The number of aromatic nitrogens is 2. The highest BCUT2D eigenvalue weighted by Gasteiger charge is 2.23. The maximum Gasteiger partial charge on any atom is 0.264 e. The highest BCUT2D eigenvalue weighted by atomic mass is 35.5. The van der Waals surface area contributed by atoms with Gasteiger partial charge in [-0.15, -0.1) is 0 Å². The van der Waals surface area contributed by atoms with Crippen LogP contribution in [0.3, 0.4) is 0 Å². The topological polar surface area (TPSA) is 122 Å². The Morgan fingerprint density at radius 2 is 1.86 bits per heavy atom. The van der Waals surface area contributed by atoms with E-state index in [0.29, 0.717) is 6.54 Å². The summed E-state index contributed by atoms with van der Waals surface area (Å²) in [4.78, 5) is 18.7. The predicted octanol–water partition coefficient (Wildman–Crippen LogP) is 2.79. The van der Waals surface area contributed by atoms with Crippen molar-refractivity contribution in [3.05, 3.63) is 33.4 Å². The molecule has 0 aliphatic rings. The number of rotatable bonds is 8. The van der Waals surface area contributed by atoms with Gasteiger partial charge < -0.3 is 15.4 Å². The lowest BCUT2D eigenvalue weighted by Gasteiger charge is -2.14. The molecular formula is C15H16Cl3N5O4S. The number of nitrogens with zero attached hydrogens (tertiary/aromatic N) is 2. The number of carbonyl (C=O) groups is 1. The number of hydrogen-bond acceptors (Lipinski definition) is 7. The van der Waals surface area contributed by atoms with Gasteiger partial charge in [-0.25, -0.2) is 13.4 Å². The monoisotopic (exact) mass is 467 g/mol. The second-order valence-electron chi connectivity index (χ2n) is 5.29. The van der Waals surface area contributed by atoms with E-state index in [1.807, 2.05) is 0 Å². The lowest BCUT2D eigenvalue weighted by Crippen LogP contribution is -2.26. The SMILES string of the molecule is COc1nc(Cl)c(NCCNC(C)=O)nc1NS(=O)(=O)c1cccc(Cl)c1Cl. The van der Waals surface area contributed by atoms with Gasteiger partial charge in [0.05, 0.1) is 17.2 Å². The van der Waals surface area contributed by atoms with Crippen molar-refractivity contribution >= 4 is 62.4 Å². The van der Waals surface area contributed by atoms with Crippen LogP contribution in [-0.4, -0.2) is 44.5 Å². The van der Waals surface area contributed by atoms with Gasteiger partial charge in [-0.2, -0.15) is 4.98 Å². The molecule has 0 aliphatic heterocycles. The van der Waals surface area contributed by atoms with Crippen LogP contribution in [0.1, 0.15) is 6.92 Å². The van der Waals surface area contributed by atoms with Gasteiger partial charge in [0.25, 0.3) is 15.9 Å². The molecule has 0 fully saturated rings. The summed E-state index contributed by atoms with van der Waals surface area (Å²) in [7, 11) is -2.86. The maximum absolute atomic E-state index is 12.7. The van der Waals surface area contributed by atoms with Crippen molar-refractivity contribution in [2.24, 2.45) is 0 Å². The zero-order valence-electron chi connectivity index (χ0n) is 14.7. The molecular weight excluding hydrogens is 453 g/mol. The molecule has 0 aliphatic carbocycles. The third kappa shape index (κ3) is 5.51. The molecule has 9 nitrogen and oxygen atoms in total. The van der Waals surface area contributed by atoms with E-state index in [9.17, 15) is 13.2 Å². The van der Waals surface area contributed by atoms with Crippen LogP contribution in [0.5, 0.6) is 5.88 Å². The minimum absolute atomic E-state index is 0.0385. The highest BCUT2D eigenvalue weighted by molar-refractivity contribution is 7.92. The number of ether oxygens (including phenoxy) is 1. The van der Waals surface area contributed by atoms with Gasteiger partial charge in [-0.05, 0) is 12.1 Å². The van der Waals surface area contributed by atoms with Crippen molar-refractivity contribution < 1.29 is 17.9 Å². The number of halogens is 3. The van der Waals surface area contributed by atoms with E-state index in [1.54, 1.807) is 0 Å². The van der Waals surface area contributed by atoms with Crippen molar-refractivity contribution in [1.82, 2.24) is 15.3 Å². The minimum atomic E-state index is -4.14.